The molecule has 1 atom stereocenters. The molecule has 6 rings (SSSR count). The number of nitrogens with one attached hydrogen (secondary N) is 2. The molecule has 1 aromatic heterocycles. The molecule has 3 aliphatic heterocycles. The number of fused-ring (bicyclic) bond motifs is 1. The van der Waals surface area contributed by atoms with E-state index in [9.17, 15) is 4.79 Å². The van der Waals surface area contributed by atoms with Crippen molar-refractivity contribution in [3.63, 3.8) is 0 Å². The number of carbonyl (C=O) groups excluding carboxylic acids is 1. The van der Waals surface area contributed by atoms with Gasteiger partial charge in [-0.25, -0.2) is 0 Å². The average Bonchev–Trinajstić information content (AvgIpc) is 3.58. The van der Waals surface area contributed by atoms with Crippen molar-refractivity contribution < 1.29 is 9.53 Å². The summed E-state index contributed by atoms with van der Waals surface area (Å²) in [5.41, 5.74) is 10.5. The molecule has 0 radical (unpaired) electrons. The summed E-state index contributed by atoms with van der Waals surface area (Å²) in [7, 11) is 1.73. The predicted octanol–water partition coefficient (Wildman–Crippen LogP) is 8.51. The third kappa shape index (κ3) is 9.44. The molecule has 2 N–H and O–H groups in total. The number of amides is 1. The average molecular weight is 707 g/mol. The minimum atomic E-state index is 0.0867. The number of aromatic nitrogens is 1. The van der Waals surface area contributed by atoms with E-state index in [0.29, 0.717) is 18.4 Å². The van der Waals surface area contributed by atoms with E-state index in [1.165, 1.54) is 60.3 Å². The zero-order valence-corrected chi connectivity index (χ0v) is 32.4. The van der Waals surface area contributed by atoms with Crippen LogP contribution in [0.3, 0.4) is 0 Å². The van der Waals surface area contributed by atoms with Crippen molar-refractivity contribution in [2.45, 2.75) is 84.7 Å². The number of hydrogen-bond acceptors (Lipinski definition) is 7. The minimum Gasteiger partial charge on any atom is -0.381 e. The summed E-state index contributed by atoms with van der Waals surface area (Å²) >= 11 is 0. The van der Waals surface area contributed by atoms with Gasteiger partial charge in [-0.2, -0.15) is 0 Å². The lowest BCUT2D eigenvalue weighted by molar-refractivity contribution is 0.0667. The summed E-state index contributed by atoms with van der Waals surface area (Å²) in [5.74, 6) is 1.44. The number of ether oxygens (including phenoxy) is 1. The normalized spacial score (nSPS) is 18.8. The molecular weight excluding hydrogens is 645 g/mol. The molecular formula is C44H62N6O2. The van der Waals surface area contributed by atoms with Crippen LogP contribution in [0, 0.1) is 12.8 Å². The first-order valence-corrected chi connectivity index (χ1v) is 20.0. The maximum atomic E-state index is 13.4. The second kappa shape index (κ2) is 18.4. The molecule has 2 saturated heterocycles. The highest BCUT2D eigenvalue weighted by Gasteiger charge is 2.26. The van der Waals surface area contributed by atoms with Gasteiger partial charge < -0.3 is 25.2 Å². The molecule has 280 valence electrons. The van der Waals surface area contributed by atoms with E-state index in [2.05, 4.69) is 108 Å². The Hall–Kier alpha value is -3.72. The van der Waals surface area contributed by atoms with E-state index in [1.54, 1.807) is 7.11 Å². The number of rotatable bonds is 15. The molecule has 8 heteroatoms. The summed E-state index contributed by atoms with van der Waals surface area (Å²) in [5, 5.41) is 7.03. The van der Waals surface area contributed by atoms with Crippen molar-refractivity contribution in [3.05, 3.63) is 82.7 Å². The highest BCUT2D eigenvalue weighted by atomic mass is 16.5. The monoisotopic (exact) mass is 706 g/mol. The summed E-state index contributed by atoms with van der Waals surface area (Å²) in [6.07, 6.45) is 12.3. The van der Waals surface area contributed by atoms with Gasteiger partial charge in [0.15, 0.2) is 0 Å². The Balaban J connectivity index is 1.02. The predicted molar refractivity (Wildman–Crippen MR) is 216 cm³/mol. The van der Waals surface area contributed by atoms with Crippen molar-refractivity contribution in [3.8, 4) is 11.1 Å². The van der Waals surface area contributed by atoms with Crippen LogP contribution >= 0.6 is 0 Å². The van der Waals surface area contributed by atoms with E-state index in [4.69, 9.17) is 9.72 Å². The number of methoxy groups -OCH3 is 1. The third-order valence-electron chi connectivity index (χ3n) is 11.5. The smallest absolute Gasteiger partial charge is 0.253 e. The van der Waals surface area contributed by atoms with Gasteiger partial charge in [0.2, 0.25) is 0 Å². The van der Waals surface area contributed by atoms with Gasteiger partial charge in [0, 0.05) is 56.3 Å². The number of nitrogens with zero attached hydrogens (tertiary/aromatic N) is 4. The standard InChI is InChI=1S/C44H62N6O2/c1-6-21-48(22-7-2)30-34-16-25-50(26-17-34)44(51)37-11-9-35(10-12-37)36-18-23-49(24-19-36)29-33(8-3)27-40-32(4)45-20-15-39(40)38-13-14-41-42(28-38)47-43(46-41)31-52-5/h9-15,20,27-28,34,36,43,46-47H,6-8,16-19,21-26,29-31H2,1-5H3/b33-27+. The van der Waals surface area contributed by atoms with Crippen LogP contribution in [0.5, 0.6) is 0 Å². The summed E-state index contributed by atoms with van der Waals surface area (Å²) in [4.78, 5) is 25.4. The van der Waals surface area contributed by atoms with Gasteiger partial charge in [0.05, 0.1) is 18.0 Å². The van der Waals surface area contributed by atoms with Crippen LogP contribution in [0.2, 0.25) is 0 Å². The molecule has 2 aromatic carbocycles. The number of aryl methyl sites for hydroxylation is 1. The number of benzene rings is 2. The lowest BCUT2D eigenvalue weighted by atomic mass is 9.88. The van der Waals surface area contributed by atoms with Gasteiger partial charge in [-0.1, -0.05) is 50.6 Å². The Bertz CT molecular complexity index is 1630. The number of likely N-dealkylation sites (tertiary alicyclic amines) is 2. The Kier molecular flexibility index (Phi) is 13.4. The first kappa shape index (κ1) is 38.0. The second-order valence-corrected chi connectivity index (χ2v) is 15.3. The van der Waals surface area contributed by atoms with E-state index < -0.39 is 0 Å². The van der Waals surface area contributed by atoms with Gasteiger partial charge >= 0.3 is 0 Å². The van der Waals surface area contributed by atoms with E-state index in [-0.39, 0.29) is 12.1 Å². The fraction of sp³-hybridized carbons (Fsp3) is 0.545. The quantitative estimate of drug-likeness (QED) is 0.164. The molecule has 1 amide bonds. The van der Waals surface area contributed by atoms with Gasteiger partial charge in [0.25, 0.3) is 5.91 Å². The van der Waals surface area contributed by atoms with Crippen LogP contribution in [0.1, 0.15) is 98.8 Å². The summed E-state index contributed by atoms with van der Waals surface area (Å²) in [6.45, 7) is 18.0. The maximum Gasteiger partial charge on any atom is 0.253 e. The number of anilines is 2. The van der Waals surface area contributed by atoms with Crippen molar-refractivity contribution in [2.24, 2.45) is 5.92 Å². The Morgan fingerprint density at radius 3 is 2.31 bits per heavy atom. The molecule has 0 bridgehead atoms. The molecule has 2 fully saturated rings. The van der Waals surface area contributed by atoms with Crippen molar-refractivity contribution >= 4 is 23.4 Å². The van der Waals surface area contributed by atoms with Gasteiger partial charge in [-0.3, -0.25) is 14.7 Å². The number of hydrogen-bond donors (Lipinski definition) is 2. The van der Waals surface area contributed by atoms with E-state index >= 15 is 0 Å². The van der Waals surface area contributed by atoms with Crippen molar-refractivity contribution in [2.75, 3.05) is 76.7 Å². The fourth-order valence-corrected chi connectivity index (χ4v) is 8.50. The van der Waals surface area contributed by atoms with Crippen LogP contribution in [0.15, 0.2) is 60.3 Å². The van der Waals surface area contributed by atoms with E-state index in [0.717, 1.165) is 87.5 Å². The highest BCUT2D eigenvalue weighted by Crippen LogP contribution is 2.36. The number of pyridine rings is 1. The Morgan fingerprint density at radius 1 is 0.923 bits per heavy atom. The van der Waals surface area contributed by atoms with Crippen LogP contribution in [-0.2, 0) is 4.74 Å². The summed E-state index contributed by atoms with van der Waals surface area (Å²) < 4.78 is 5.35. The molecule has 4 heterocycles. The molecule has 1 unspecified atom stereocenters. The molecule has 8 nitrogen and oxygen atoms in total. The fourth-order valence-electron chi connectivity index (χ4n) is 8.50. The molecule has 3 aromatic rings. The topological polar surface area (TPSA) is 73.0 Å². The minimum absolute atomic E-state index is 0.0867. The highest BCUT2D eigenvalue weighted by molar-refractivity contribution is 5.94. The first-order valence-electron chi connectivity index (χ1n) is 20.0. The lowest BCUT2D eigenvalue weighted by Gasteiger charge is -2.35. The van der Waals surface area contributed by atoms with Crippen LogP contribution in [-0.4, -0.2) is 97.8 Å². The van der Waals surface area contributed by atoms with Crippen molar-refractivity contribution in [1.29, 1.82) is 0 Å². The zero-order valence-electron chi connectivity index (χ0n) is 32.4. The van der Waals surface area contributed by atoms with Crippen LogP contribution in [0.25, 0.3) is 17.2 Å². The Labute approximate surface area is 313 Å². The van der Waals surface area contributed by atoms with Gasteiger partial charge in [-0.05, 0) is 137 Å². The number of piperidine rings is 2. The van der Waals surface area contributed by atoms with Gasteiger partial charge in [-0.15, -0.1) is 0 Å². The second-order valence-electron chi connectivity index (χ2n) is 15.3. The van der Waals surface area contributed by atoms with Gasteiger partial charge in [0.1, 0.15) is 6.17 Å². The van der Waals surface area contributed by atoms with Crippen molar-refractivity contribution in [1.82, 2.24) is 19.7 Å². The largest absolute Gasteiger partial charge is 0.381 e. The summed E-state index contributed by atoms with van der Waals surface area (Å²) in [6, 6.07) is 17.3. The lowest BCUT2D eigenvalue weighted by Crippen LogP contribution is -2.42. The first-order chi connectivity index (χ1) is 25.4. The van der Waals surface area contributed by atoms with Crippen LogP contribution < -0.4 is 10.6 Å². The zero-order chi connectivity index (χ0) is 36.5. The molecule has 0 aliphatic carbocycles. The van der Waals surface area contributed by atoms with Crippen LogP contribution in [0.4, 0.5) is 11.4 Å². The maximum absolute atomic E-state index is 13.4. The molecule has 3 aliphatic rings. The molecule has 52 heavy (non-hydrogen) atoms. The third-order valence-corrected chi connectivity index (χ3v) is 11.5. The van der Waals surface area contributed by atoms with E-state index in [1.807, 2.05) is 6.20 Å². The molecule has 0 spiro atoms. The molecule has 0 saturated carbocycles. The Morgan fingerprint density at radius 2 is 1.63 bits per heavy atom. The number of carbonyl (C=O) groups is 1. The SMILES string of the molecule is CCCN(CCC)CC1CCN(C(=O)c2ccc(C3CCN(C/C(=C/c4c(-c5ccc6c(c5)NC(COC)N6)ccnc4C)CC)CC3)cc2)CC1.